The van der Waals surface area contributed by atoms with E-state index in [0.717, 1.165) is 0 Å². The third-order valence-corrected chi connectivity index (χ3v) is 7.44. The molecule has 0 saturated carbocycles. The molecule has 2 aliphatic heterocycles. The summed E-state index contributed by atoms with van der Waals surface area (Å²) in [5, 5.41) is 2.74. The summed E-state index contributed by atoms with van der Waals surface area (Å²) in [5.74, 6) is 0.0983. The maximum absolute atomic E-state index is 12.7. The topological polar surface area (TPSA) is 120 Å². The van der Waals surface area contributed by atoms with E-state index in [-0.39, 0.29) is 29.4 Å². The van der Waals surface area contributed by atoms with Gasteiger partial charge in [-0.25, -0.2) is 13.2 Å². The third-order valence-electron chi connectivity index (χ3n) is 5.58. The summed E-state index contributed by atoms with van der Waals surface area (Å²) >= 11 is 0. The lowest BCUT2D eigenvalue weighted by atomic mass is 10.0. The monoisotopic (exact) mass is 476 g/mol. The average molecular weight is 477 g/mol. The lowest BCUT2D eigenvalue weighted by Gasteiger charge is -2.20. The first-order valence-corrected chi connectivity index (χ1v) is 11.8. The number of carbonyl (C=O) groups excluding carboxylic acids is 2. The second kappa shape index (κ2) is 8.81. The molecule has 0 bridgehead atoms. The van der Waals surface area contributed by atoms with Gasteiger partial charge in [0.1, 0.15) is 17.4 Å². The number of nitrogens with one attached hydrogen (secondary N) is 1. The van der Waals surface area contributed by atoms with E-state index in [4.69, 9.17) is 18.9 Å². The van der Waals surface area contributed by atoms with Crippen molar-refractivity contribution in [2.24, 2.45) is 0 Å². The molecule has 10 nitrogen and oxygen atoms in total. The van der Waals surface area contributed by atoms with Gasteiger partial charge in [0.05, 0.1) is 39.2 Å². The summed E-state index contributed by atoms with van der Waals surface area (Å²) < 4.78 is 47.1. The lowest BCUT2D eigenvalue weighted by molar-refractivity contribution is -0.118. The molecule has 2 aliphatic rings. The molecule has 4 rings (SSSR count). The van der Waals surface area contributed by atoms with Crippen LogP contribution in [-0.4, -0.2) is 53.9 Å². The van der Waals surface area contributed by atoms with Gasteiger partial charge in [0.15, 0.2) is 11.5 Å². The summed E-state index contributed by atoms with van der Waals surface area (Å²) in [4.78, 5) is 25.1. The standard InChI is InChI=1S/C22H24N2O8S/c1-29-16-8-6-14-17(32-22(26)20(14)21(16)31-3)12-19(25)23-13-5-7-15(18(11-13)30-2)24-9-4-10-33(24,27)28/h5-8,11,17H,4,9-10,12H2,1-3H3,(H,23,25)/t17-/m0/s1. The van der Waals surface area contributed by atoms with Gasteiger partial charge in [-0.1, -0.05) is 6.07 Å². The van der Waals surface area contributed by atoms with Gasteiger partial charge in [-0.3, -0.25) is 9.10 Å². The SMILES string of the molecule is COc1cc(NC(=O)C[C@@H]2OC(=O)c3c2ccc(OC)c3OC)ccc1N1CCCS1(=O)=O. The molecular formula is C22H24N2O8S. The maximum atomic E-state index is 12.7. The van der Waals surface area contributed by atoms with Crippen molar-refractivity contribution >= 4 is 33.3 Å². The molecule has 1 atom stereocenters. The number of nitrogens with zero attached hydrogens (tertiary/aromatic N) is 1. The highest BCUT2D eigenvalue weighted by Gasteiger charge is 2.37. The number of rotatable bonds is 7. The lowest BCUT2D eigenvalue weighted by Crippen LogP contribution is -2.25. The van der Waals surface area contributed by atoms with E-state index in [1.165, 1.54) is 25.6 Å². The minimum Gasteiger partial charge on any atom is -0.494 e. The van der Waals surface area contributed by atoms with Crippen molar-refractivity contribution < 1.29 is 37.0 Å². The van der Waals surface area contributed by atoms with Crippen LogP contribution in [0, 0.1) is 0 Å². The fourth-order valence-corrected chi connectivity index (χ4v) is 5.65. The molecule has 176 valence electrons. The van der Waals surface area contributed by atoms with Crippen LogP contribution in [0.25, 0.3) is 0 Å². The Morgan fingerprint density at radius 3 is 2.52 bits per heavy atom. The molecule has 1 amide bonds. The second-order valence-electron chi connectivity index (χ2n) is 7.54. The van der Waals surface area contributed by atoms with E-state index < -0.39 is 22.1 Å². The minimum atomic E-state index is -3.37. The molecule has 0 unspecified atom stereocenters. The Morgan fingerprint density at radius 1 is 1.12 bits per heavy atom. The number of esters is 1. The number of cyclic esters (lactones) is 1. The van der Waals surface area contributed by atoms with Crippen LogP contribution in [0.2, 0.25) is 0 Å². The molecule has 0 radical (unpaired) electrons. The summed E-state index contributed by atoms with van der Waals surface area (Å²) in [7, 11) is 0.957. The van der Waals surface area contributed by atoms with Crippen molar-refractivity contribution in [2.45, 2.75) is 18.9 Å². The molecule has 1 N–H and O–H groups in total. The number of benzene rings is 2. The average Bonchev–Trinajstić information content (AvgIpc) is 3.30. The summed E-state index contributed by atoms with van der Waals surface area (Å²) in [6.45, 7) is 0.380. The predicted octanol–water partition coefficient (Wildman–Crippen LogP) is 2.49. The van der Waals surface area contributed by atoms with Gasteiger partial charge >= 0.3 is 5.97 Å². The highest BCUT2D eigenvalue weighted by molar-refractivity contribution is 7.93. The van der Waals surface area contributed by atoms with Crippen molar-refractivity contribution in [2.75, 3.05) is 43.2 Å². The Hall–Kier alpha value is -3.47. The number of amides is 1. The first kappa shape index (κ1) is 22.7. The quantitative estimate of drug-likeness (QED) is 0.605. The van der Waals surface area contributed by atoms with Crippen LogP contribution in [-0.2, 0) is 19.6 Å². The van der Waals surface area contributed by atoms with Crippen LogP contribution < -0.4 is 23.8 Å². The van der Waals surface area contributed by atoms with Gasteiger partial charge in [-0.05, 0) is 24.6 Å². The summed E-state index contributed by atoms with van der Waals surface area (Å²) in [6.07, 6.45) is -0.343. The van der Waals surface area contributed by atoms with Gasteiger partial charge in [0.2, 0.25) is 15.9 Å². The molecule has 1 fully saturated rings. The number of sulfonamides is 1. The van der Waals surface area contributed by atoms with Crippen LogP contribution in [0.15, 0.2) is 30.3 Å². The van der Waals surface area contributed by atoms with Gasteiger partial charge in [0.25, 0.3) is 0 Å². The molecule has 0 aromatic heterocycles. The maximum Gasteiger partial charge on any atom is 0.343 e. The van der Waals surface area contributed by atoms with Gasteiger partial charge in [-0.2, -0.15) is 0 Å². The van der Waals surface area contributed by atoms with Gasteiger partial charge in [0, 0.05) is 23.9 Å². The van der Waals surface area contributed by atoms with E-state index in [9.17, 15) is 18.0 Å². The van der Waals surface area contributed by atoms with E-state index in [0.29, 0.717) is 41.4 Å². The van der Waals surface area contributed by atoms with Crippen molar-refractivity contribution in [1.29, 1.82) is 0 Å². The molecule has 1 saturated heterocycles. The zero-order valence-corrected chi connectivity index (χ0v) is 19.2. The molecular weight excluding hydrogens is 452 g/mol. The molecule has 2 aromatic rings. The Bertz CT molecular complexity index is 1210. The molecule has 2 heterocycles. The number of ether oxygens (including phenoxy) is 4. The van der Waals surface area contributed by atoms with Crippen LogP contribution in [0.5, 0.6) is 17.2 Å². The fraction of sp³-hybridized carbons (Fsp3) is 0.364. The van der Waals surface area contributed by atoms with Crippen molar-refractivity contribution in [3.8, 4) is 17.2 Å². The zero-order valence-electron chi connectivity index (χ0n) is 18.4. The molecule has 11 heteroatoms. The largest absolute Gasteiger partial charge is 0.494 e. The van der Waals surface area contributed by atoms with Crippen molar-refractivity contribution in [3.05, 3.63) is 41.5 Å². The number of hydrogen-bond acceptors (Lipinski definition) is 8. The molecule has 0 spiro atoms. The Kier molecular flexibility index (Phi) is 6.07. The Morgan fingerprint density at radius 2 is 1.88 bits per heavy atom. The molecule has 33 heavy (non-hydrogen) atoms. The first-order valence-electron chi connectivity index (χ1n) is 10.2. The van der Waals surface area contributed by atoms with Gasteiger partial charge in [-0.15, -0.1) is 0 Å². The summed E-state index contributed by atoms with van der Waals surface area (Å²) in [5.41, 5.74) is 1.63. The van der Waals surface area contributed by atoms with Crippen LogP contribution in [0.1, 0.15) is 34.9 Å². The van der Waals surface area contributed by atoms with E-state index >= 15 is 0 Å². The second-order valence-corrected chi connectivity index (χ2v) is 9.55. The zero-order chi connectivity index (χ0) is 23.8. The Labute approximate surface area is 191 Å². The Balaban J connectivity index is 1.51. The molecule has 0 aliphatic carbocycles. The minimum absolute atomic E-state index is 0.0902. The fourth-order valence-electron chi connectivity index (χ4n) is 4.08. The first-order chi connectivity index (χ1) is 15.8. The smallest absolute Gasteiger partial charge is 0.343 e. The number of carbonyl (C=O) groups is 2. The summed E-state index contributed by atoms with van der Waals surface area (Å²) in [6, 6.07) is 8.09. The highest BCUT2D eigenvalue weighted by atomic mass is 32.2. The van der Waals surface area contributed by atoms with Crippen LogP contribution >= 0.6 is 0 Å². The predicted molar refractivity (Wildman–Crippen MR) is 120 cm³/mol. The highest BCUT2D eigenvalue weighted by Crippen LogP contribution is 2.43. The number of anilines is 2. The normalized spacial score (nSPS) is 18.5. The van der Waals surface area contributed by atoms with E-state index in [2.05, 4.69) is 5.32 Å². The number of hydrogen-bond donors (Lipinski definition) is 1. The molecule has 2 aromatic carbocycles. The number of fused-ring (bicyclic) bond motifs is 1. The van der Waals surface area contributed by atoms with E-state index in [1.807, 2.05) is 0 Å². The van der Waals surface area contributed by atoms with Crippen LogP contribution in [0.3, 0.4) is 0 Å². The van der Waals surface area contributed by atoms with Crippen molar-refractivity contribution in [3.63, 3.8) is 0 Å². The van der Waals surface area contributed by atoms with Crippen molar-refractivity contribution in [1.82, 2.24) is 0 Å². The third kappa shape index (κ3) is 4.15. The van der Waals surface area contributed by atoms with Crippen LogP contribution in [0.4, 0.5) is 11.4 Å². The van der Waals surface area contributed by atoms with E-state index in [1.54, 1.807) is 30.3 Å². The van der Waals surface area contributed by atoms with Gasteiger partial charge < -0.3 is 24.3 Å². The number of methoxy groups -OCH3 is 3.